The van der Waals surface area contributed by atoms with Crippen LogP contribution in [-0.4, -0.2) is 0 Å². The standard InChI is InChI=1S/C11H8BrCl2NS/c12-11-9(14)2-1-3-10(11)15-5-8-4-7(13)6-16-8/h1-4,6,15H,5H2. The molecule has 0 aliphatic rings. The number of hydrogen-bond acceptors (Lipinski definition) is 2. The van der Waals surface area contributed by atoms with Crippen molar-refractivity contribution >= 4 is 56.2 Å². The SMILES string of the molecule is Clc1csc(CNc2cccc(Cl)c2Br)c1. The van der Waals surface area contributed by atoms with Crippen molar-refractivity contribution in [2.24, 2.45) is 0 Å². The van der Waals surface area contributed by atoms with Gasteiger partial charge in [-0.15, -0.1) is 11.3 Å². The second-order valence-electron chi connectivity index (χ2n) is 3.19. The molecule has 1 heterocycles. The number of benzene rings is 1. The van der Waals surface area contributed by atoms with Crippen LogP contribution in [0.15, 0.2) is 34.1 Å². The van der Waals surface area contributed by atoms with E-state index in [1.165, 1.54) is 4.88 Å². The van der Waals surface area contributed by atoms with E-state index < -0.39 is 0 Å². The maximum absolute atomic E-state index is 5.99. The lowest BCUT2D eigenvalue weighted by Gasteiger charge is -2.08. The van der Waals surface area contributed by atoms with E-state index in [1.807, 2.05) is 29.6 Å². The predicted molar refractivity (Wildman–Crippen MR) is 75.8 cm³/mol. The second-order valence-corrected chi connectivity index (χ2v) is 5.82. The minimum Gasteiger partial charge on any atom is -0.379 e. The molecular formula is C11H8BrCl2NS. The van der Waals surface area contributed by atoms with Crippen molar-refractivity contribution in [1.29, 1.82) is 0 Å². The number of rotatable bonds is 3. The molecule has 1 nitrogen and oxygen atoms in total. The summed E-state index contributed by atoms with van der Waals surface area (Å²) in [6.45, 7) is 0.746. The molecular weight excluding hydrogens is 329 g/mol. The van der Waals surface area contributed by atoms with Gasteiger partial charge in [0, 0.05) is 16.8 Å². The Balaban J connectivity index is 2.07. The molecule has 2 rings (SSSR count). The maximum Gasteiger partial charge on any atom is 0.0593 e. The zero-order valence-corrected chi connectivity index (χ0v) is 12.1. The highest BCUT2D eigenvalue weighted by atomic mass is 79.9. The molecule has 1 aromatic heterocycles. The first-order valence-corrected chi connectivity index (χ1v) is 7.00. The number of nitrogens with one attached hydrogen (secondary N) is 1. The smallest absolute Gasteiger partial charge is 0.0593 e. The third-order valence-electron chi connectivity index (χ3n) is 2.03. The van der Waals surface area contributed by atoms with Crippen LogP contribution in [0, 0.1) is 0 Å². The summed E-state index contributed by atoms with van der Waals surface area (Å²) in [6, 6.07) is 7.69. The van der Waals surface area contributed by atoms with Crippen molar-refractivity contribution < 1.29 is 0 Å². The lowest BCUT2D eigenvalue weighted by molar-refractivity contribution is 1.19. The first-order chi connectivity index (χ1) is 7.66. The van der Waals surface area contributed by atoms with Gasteiger partial charge < -0.3 is 5.32 Å². The van der Waals surface area contributed by atoms with Crippen molar-refractivity contribution in [1.82, 2.24) is 0 Å². The fourth-order valence-corrected chi connectivity index (χ4v) is 2.86. The highest BCUT2D eigenvalue weighted by molar-refractivity contribution is 9.10. The van der Waals surface area contributed by atoms with Gasteiger partial charge in [-0.1, -0.05) is 29.3 Å². The molecule has 1 N–H and O–H groups in total. The van der Waals surface area contributed by atoms with Crippen molar-refractivity contribution in [2.75, 3.05) is 5.32 Å². The summed E-state index contributed by atoms with van der Waals surface area (Å²) in [5, 5.41) is 6.71. The average molecular weight is 337 g/mol. The predicted octanol–water partition coefficient (Wildman–Crippen LogP) is 5.43. The molecule has 0 atom stereocenters. The van der Waals surface area contributed by atoms with Crippen LogP contribution in [0.5, 0.6) is 0 Å². The molecule has 0 aliphatic heterocycles. The quantitative estimate of drug-likeness (QED) is 0.788. The first kappa shape index (κ1) is 12.2. The van der Waals surface area contributed by atoms with E-state index in [1.54, 1.807) is 11.3 Å². The monoisotopic (exact) mass is 335 g/mol. The molecule has 0 saturated carbocycles. The van der Waals surface area contributed by atoms with Crippen LogP contribution in [0.2, 0.25) is 10.0 Å². The van der Waals surface area contributed by atoms with E-state index in [2.05, 4.69) is 21.2 Å². The van der Waals surface area contributed by atoms with Crippen LogP contribution in [0.4, 0.5) is 5.69 Å². The number of thiophene rings is 1. The molecule has 0 radical (unpaired) electrons. The van der Waals surface area contributed by atoms with Gasteiger partial charge in [0.05, 0.1) is 20.2 Å². The van der Waals surface area contributed by atoms with Crippen LogP contribution < -0.4 is 5.32 Å². The topological polar surface area (TPSA) is 12.0 Å². The number of halogens is 3. The van der Waals surface area contributed by atoms with Crippen molar-refractivity contribution in [3.05, 3.63) is 49.0 Å². The summed E-state index contributed by atoms with van der Waals surface area (Å²) >= 11 is 16.9. The van der Waals surface area contributed by atoms with Crippen LogP contribution in [0.1, 0.15) is 4.88 Å². The highest BCUT2D eigenvalue weighted by Gasteiger charge is 2.04. The molecule has 5 heteroatoms. The van der Waals surface area contributed by atoms with E-state index in [4.69, 9.17) is 23.2 Å². The number of hydrogen-bond donors (Lipinski definition) is 1. The second kappa shape index (κ2) is 5.41. The highest BCUT2D eigenvalue weighted by Crippen LogP contribution is 2.30. The molecule has 84 valence electrons. The van der Waals surface area contributed by atoms with Gasteiger partial charge in [0.15, 0.2) is 0 Å². The fourth-order valence-electron chi connectivity index (χ4n) is 1.27. The minimum absolute atomic E-state index is 0.703. The summed E-state index contributed by atoms with van der Waals surface area (Å²) in [6.07, 6.45) is 0. The largest absolute Gasteiger partial charge is 0.379 e. The Kier molecular flexibility index (Phi) is 4.14. The minimum atomic E-state index is 0.703. The van der Waals surface area contributed by atoms with Crippen molar-refractivity contribution in [2.45, 2.75) is 6.54 Å². The Morgan fingerprint density at radius 3 is 2.81 bits per heavy atom. The van der Waals surface area contributed by atoms with Gasteiger partial charge in [-0.25, -0.2) is 0 Å². The summed E-state index contributed by atoms with van der Waals surface area (Å²) in [7, 11) is 0. The third-order valence-corrected chi connectivity index (χ3v) is 4.71. The maximum atomic E-state index is 5.99. The summed E-state index contributed by atoms with van der Waals surface area (Å²) < 4.78 is 0.888. The van der Waals surface area contributed by atoms with Gasteiger partial charge in [0.1, 0.15) is 0 Å². The molecule has 0 amide bonds. The zero-order valence-electron chi connectivity index (χ0n) is 8.14. The molecule has 0 aliphatic carbocycles. The van der Waals surface area contributed by atoms with E-state index >= 15 is 0 Å². The van der Waals surface area contributed by atoms with Crippen molar-refractivity contribution in [3.8, 4) is 0 Å². The first-order valence-electron chi connectivity index (χ1n) is 4.57. The normalized spacial score (nSPS) is 10.4. The molecule has 16 heavy (non-hydrogen) atoms. The van der Waals surface area contributed by atoms with Crippen LogP contribution >= 0.6 is 50.5 Å². The van der Waals surface area contributed by atoms with Crippen LogP contribution in [0.25, 0.3) is 0 Å². The molecule has 2 aromatic rings. The molecule has 1 aromatic carbocycles. The van der Waals surface area contributed by atoms with Gasteiger partial charge in [-0.3, -0.25) is 0 Å². The van der Waals surface area contributed by atoms with E-state index in [9.17, 15) is 0 Å². The Morgan fingerprint density at radius 2 is 2.12 bits per heavy atom. The van der Waals surface area contributed by atoms with E-state index in [-0.39, 0.29) is 0 Å². The van der Waals surface area contributed by atoms with Crippen LogP contribution in [-0.2, 0) is 6.54 Å². The van der Waals surface area contributed by atoms with E-state index in [0.717, 1.165) is 21.7 Å². The molecule has 0 spiro atoms. The van der Waals surface area contributed by atoms with Crippen LogP contribution in [0.3, 0.4) is 0 Å². The van der Waals surface area contributed by atoms with Gasteiger partial charge in [-0.2, -0.15) is 0 Å². The Bertz CT molecular complexity index is 498. The lowest BCUT2D eigenvalue weighted by Crippen LogP contribution is -1.98. The Hall–Kier alpha value is -0.220. The van der Waals surface area contributed by atoms with E-state index in [0.29, 0.717) is 5.02 Å². The van der Waals surface area contributed by atoms with Gasteiger partial charge in [0.25, 0.3) is 0 Å². The van der Waals surface area contributed by atoms with Gasteiger partial charge >= 0.3 is 0 Å². The number of anilines is 1. The fraction of sp³-hybridized carbons (Fsp3) is 0.0909. The zero-order chi connectivity index (χ0) is 11.5. The third kappa shape index (κ3) is 2.92. The summed E-state index contributed by atoms with van der Waals surface area (Å²) in [5.41, 5.74) is 0.983. The Morgan fingerprint density at radius 1 is 1.31 bits per heavy atom. The molecule has 0 saturated heterocycles. The summed E-state index contributed by atoms with van der Waals surface area (Å²) in [4.78, 5) is 1.19. The lowest BCUT2D eigenvalue weighted by atomic mass is 10.3. The molecule has 0 fully saturated rings. The molecule has 0 unspecified atom stereocenters. The summed E-state index contributed by atoms with van der Waals surface area (Å²) in [5.74, 6) is 0. The average Bonchev–Trinajstić information content (AvgIpc) is 2.67. The molecule has 0 bridgehead atoms. The van der Waals surface area contributed by atoms with Gasteiger partial charge in [-0.05, 0) is 34.1 Å². The van der Waals surface area contributed by atoms with Gasteiger partial charge in [0.2, 0.25) is 0 Å². The Labute approximate surface area is 117 Å². The van der Waals surface area contributed by atoms with Crippen molar-refractivity contribution in [3.63, 3.8) is 0 Å².